The smallest absolute Gasteiger partial charge is 0.253 e. The number of ether oxygens (including phenoxy) is 2. The zero-order chi connectivity index (χ0) is 15.5. The van der Waals surface area contributed by atoms with Gasteiger partial charge < -0.3 is 14.8 Å². The summed E-state index contributed by atoms with van der Waals surface area (Å²) in [7, 11) is 0. The first kappa shape index (κ1) is 15.7. The lowest BCUT2D eigenvalue weighted by atomic mass is 10.1. The van der Waals surface area contributed by atoms with E-state index >= 15 is 0 Å². The largest absolute Gasteiger partial charge is 0.379 e. The van der Waals surface area contributed by atoms with Crippen molar-refractivity contribution in [3.8, 4) is 0 Å². The van der Waals surface area contributed by atoms with Crippen LogP contribution in [0, 0.1) is 11.7 Å². The molecule has 2 aliphatic rings. The normalized spacial score (nSPS) is 25.0. The molecule has 0 radical (unpaired) electrons. The van der Waals surface area contributed by atoms with Crippen molar-refractivity contribution in [3.63, 3.8) is 0 Å². The average Bonchev–Trinajstić information content (AvgIpc) is 3.30. The van der Waals surface area contributed by atoms with Crippen molar-refractivity contribution in [2.45, 2.75) is 31.4 Å². The van der Waals surface area contributed by atoms with E-state index in [2.05, 4.69) is 5.32 Å². The van der Waals surface area contributed by atoms with E-state index < -0.39 is 5.82 Å². The van der Waals surface area contributed by atoms with Gasteiger partial charge in [0.2, 0.25) is 0 Å². The number of benzene rings is 1. The Morgan fingerprint density at radius 2 is 2.23 bits per heavy atom. The fourth-order valence-electron chi connectivity index (χ4n) is 2.52. The summed E-state index contributed by atoms with van der Waals surface area (Å²) in [5.74, 6) is -0.126. The molecule has 1 saturated heterocycles. The minimum Gasteiger partial charge on any atom is -0.379 e. The van der Waals surface area contributed by atoms with Gasteiger partial charge in [-0.15, -0.1) is 0 Å². The molecule has 3 rings (SSSR count). The first-order valence-electron chi connectivity index (χ1n) is 7.59. The van der Waals surface area contributed by atoms with Gasteiger partial charge in [-0.1, -0.05) is 11.6 Å². The topological polar surface area (TPSA) is 47.6 Å². The Balaban J connectivity index is 1.62. The second-order valence-electron chi connectivity index (χ2n) is 5.88. The fraction of sp³-hybridized carbons (Fsp3) is 0.562. The highest BCUT2D eigenvalue weighted by Crippen LogP contribution is 2.30. The van der Waals surface area contributed by atoms with Crippen LogP contribution < -0.4 is 5.32 Å². The minimum absolute atomic E-state index is 0.0440. The molecule has 1 heterocycles. The Morgan fingerprint density at radius 3 is 2.95 bits per heavy atom. The minimum atomic E-state index is -0.465. The molecule has 0 unspecified atom stereocenters. The summed E-state index contributed by atoms with van der Waals surface area (Å²) in [6.07, 6.45) is 3.17. The second-order valence-corrected chi connectivity index (χ2v) is 6.29. The monoisotopic (exact) mass is 327 g/mol. The summed E-state index contributed by atoms with van der Waals surface area (Å²) < 4.78 is 24.4. The van der Waals surface area contributed by atoms with Crippen LogP contribution in [0.25, 0.3) is 0 Å². The quantitative estimate of drug-likeness (QED) is 0.904. The predicted octanol–water partition coefficient (Wildman–Crippen LogP) is 2.79. The maximum absolute atomic E-state index is 13.1. The first-order valence-corrected chi connectivity index (χ1v) is 7.96. The van der Waals surface area contributed by atoms with Gasteiger partial charge in [0, 0.05) is 13.2 Å². The number of nitrogens with one attached hydrogen (secondary N) is 1. The van der Waals surface area contributed by atoms with E-state index in [1.54, 1.807) is 0 Å². The Hall–Kier alpha value is -1.17. The molecule has 1 aliphatic heterocycles. The molecule has 120 valence electrons. The molecule has 22 heavy (non-hydrogen) atoms. The van der Waals surface area contributed by atoms with Gasteiger partial charge in [-0.25, -0.2) is 4.39 Å². The number of carbonyl (C=O) groups excluding carboxylic acids is 1. The van der Waals surface area contributed by atoms with Crippen molar-refractivity contribution in [2.24, 2.45) is 5.92 Å². The molecular formula is C16H19ClFNO3. The zero-order valence-electron chi connectivity index (χ0n) is 12.2. The molecule has 0 bridgehead atoms. The molecule has 2 fully saturated rings. The molecule has 1 saturated carbocycles. The highest BCUT2D eigenvalue weighted by molar-refractivity contribution is 6.33. The molecule has 1 aliphatic carbocycles. The van der Waals surface area contributed by atoms with Gasteiger partial charge in [0.05, 0.1) is 29.3 Å². The van der Waals surface area contributed by atoms with Gasteiger partial charge in [0.15, 0.2) is 0 Å². The van der Waals surface area contributed by atoms with E-state index in [1.807, 2.05) is 0 Å². The van der Waals surface area contributed by atoms with Crippen molar-refractivity contribution < 1.29 is 18.7 Å². The lowest BCUT2D eigenvalue weighted by molar-refractivity contribution is -0.0567. The molecule has 1 N–H and O–H groups in total. The number of rotatable bonds is 5. The Kier molecular flexibility index (Phi) is 4.96. The summed E-state index contributed by atoms with van der Waals surface area (Å²) in [5.41, 5.74) is 0.259. The Bertz CT molecular complexity index is 550. The summed E-state index contributed by atoms with van der Waals surface area (Å²) in [6, 6.07) is 3.53. The maximum atomic E-state index is 13.1. The van der Waals surface area contributed by atoms with Gasteiger partial charge >= 0.3 is 0 Å². The molecule has 1 aromatic rings. The van der Waals surface area contributed by atoms with Crippen molar-refractivity contribution in [1.82, 2.24) is 5.32 Å². The number of hydrogen-bond donors (Lipinski definition) is 1. The SMILES string of the molecule is O=C(N[C@@H]1COCC[C@@H]1OCC1CC1)c1ccc(F)cc1Cl. The summed E-state index contributed by atoms with van der Waals surface area (Å²) in [4.78, 5) is 12.3. The van der Waals surface area contributed by atoms with E-state index in [1.165, 1.54) is 25.0 Å². The third kappa shape index (κ3) is 3.97. The third-order valence-electron chi connectivity index (χ3n) is 4.03. The molecule has 0 spiro atoms. The van der Waals surface area contributed by atoms with E-state index in [4.69, 9.17) is 21.1 Å². The van der Waals surface area contributed by atoms with Crippen LogP contribution in [0.5, 0.6) is 0 Å². The van der Waals surface area contributed by atoms with E-state index in [9.17, 15) is 9.18 Å². The first-order chi connectivity index (χ1) is 10.6. The highest BCUT2D eigenvalue weighted by atomic mass is 35.5. The van der Waals surface area contributed by atoms with E-state index in [-0.39, 0.29) is 28.6 Å². The predicted molar refractivity (Wildman–Crippen MR) is 80.6 cm³/mol. The lowest BCUT2D eigenvalue weighted by Gasteiger charge is -2.32. The summed E-state index contributed by atoms with van der Waals surface area (Å²) in [5, 5.41) is 3.00. The van der Waals surface area contributed by atoms with Crippen LogP contribution >= 0.6 is 11.6 Å². The van der Waals surface area contributed by atoms with Gasteiger partial charge in [0.25, 0.3) is 5.91 Å². The van der Waals surface area contributed by atoms with Crippen LogP contribution in [-0.2, 0) is 9.47 Å². The van der Waals surface area contributed by atoms with E-state index in [0.717, 1.165) is 19.1 Å². The van der Waals surface area contributed by atoms with Gasteiger partial charge in [-0.2, -0.15) is 0 Å². The fourth-order valence-corrected chi connectivity index (χ4v) is 2.77. The average molecular weight is 328 g/mol. The molecule has 4 nitrogen and oxygen atoms in total. The van der Waals surface area contributed by atoms with Crippen LogP contribution in [-0.4, -0.2) is 37.9 Å². The Labute approximate surface area is 133 Å². The highest BCUT2D eigenvalue weighted by Gasteiger charge is 2.31. The standard InChI is InChI=1S/C16H19ClFNO3/c17-13-7-11(18)3-4-12(13)16(20)19-14-9-21-6-5-15(14)22-8-10-1-2-10/h3-4,7,10,14-15H,1-2,5-6,8-9H2,(H,19,20)/t14-,15+/m1/s1. The molecular weight excluding hydrogens is 309 g/mol. The molecule has 1 amide bonds. The number of carbonyl (C=O) groups is 1. The molecule has 1 aromatic carbocycles. The zero-order valence-corrected chi connectivity index (χ0v) is 12.9. The molecule has 2 atom stereocenters. The third-order valence-corrected chi connectivity index (χ3v) is 4.34. The van der Waals surface area contributed by atoms with Crippen LogP contribution in [0.1, 0.15) is 29.6 Å². The van der Waals surface area contributed by atoms with Crippen LogP contribution in [0.4, 0.5) is 4.39 Å². The van der Waals surface area contributed by atoms with E-state index in [0.29, 0.717) is 19.1 Å². The Morgan fingerprint density at radius 1 is 1.41 bits per heavy atom. The number of hydrogen-bond acceptors (Lipinski definition) is 3. The van der Waals surface area contributed by atoms with Gasteiger partial charge in [-0.05, 0) is 43.4 Å². The van der Waals surface area contributed by atoms with Crippen molar-refractivity contribution in [2.75, 3.05) is 19.8 Å². The van der Waals surface area contributed by atoms with Crippen molar-refractivity contribution >= 4 is 17.5 Å². The van der Waals surface area contributed by atoms with Crippen molar-refractivity contribution in [3.05, 3.63) is 34.6 Å². The van der Waals surface area contributed by atoms with Crippen LogP contribution in [0.15, 0.2) is 18.2 Å². The van der Waals surface area contributed by atoms with Gasteiger partial charge in [0.1, 0.15) is 5.82 Å². The molecule has 0 aromatic heterocycles. The van der Waals surface area contributed by atoms with Crippen LogP contribution in [0.2, 0.25) is 5.02 Å². The number of amides is 1. The number of halogens is 2. The maximum Gasteiger partial charge on any atom is 0.253 e. The molecule has 6 heteroatoms. The summed E-state index contributed by atoms with van der Waals surface area (Å²) in [6.45, 7) is 1.80. The van der Waals surface area contributed by atoms with Crippen molar-refractivity contribution in [1.29, 1.82) is 0 Å². The summed E-state index contributed by atoms with van der Waals surface area (Å²) >= 11 is 5.93. The lowest BCUT2D eigenvalue weighted by Crippen LogP contribution is -2.50. The second kappa shape index (κ2) is 6.94. The van der Waals surface area contributed by atoms with Gasteiger partial charge in [-0.3, -0.25) is 4.79 Å². The van der Waals surface area contributed by atoms with Crippen LogP contribution in [0.3, 0.4) is 0 Å².